The van der Waals surface area contributed by atoms with Gasteiger partial charge in [0.05, 0.1) is 18.8 Å². The molecule has 0 bridgehead atoms. The van der Waals surface area contributed by atoms with E-state index < -0.39 is 0 Å². The van der Waals surface area contributed by atoms with Crippen LogP contribution in [0, 0.1) is 0 Å². The van der Waals surface area contributed by atoms with Crippen LogP contribution in [-0.2, 0) is 4.74 Å². The fraction of sp³-hybridized carbons (Fsp3) is 0.364. The van der Waals surface area contributed by atoms with E-state index in [4.69, 9.17) is 22.1 Å². The molecule has 0 spiro atoms. The maximum absolute atomic E-state index is 5.96. The van der Waals surface area contributed by atoms with Crippen molar-refractivity contribution in [2.45, 2.75) is 0 Å². The summed E-state index contributed by atoms with van der Waals surface area (Å²) in [6.07, 6.45) is 3.11. The van der Waals surface area contributed by atoms with Crippen LogP contribution in [0.4, 0.5) is 11.9 Å². The highest BCUT2D eigenvalue weighted by Gasteiger charge is 2.16. The number of ether oxygens (including phenoxy) is 1. The Balaban J connectivity index is 1.95. The molecule has 2 aromatic heterocycles. The molecule has 1 saturated heterocycles. The summed E-state index contributed by atoms with van der Waals surface area (Å²) in [6.45, 7) is 2.73. The van der Waals surface area contributed by atoms with Crippen LogP contribution in [-0.4, -0.2) is 51.2 Å². The molecule has 3 rings (SSSR count). The zero-order chi connectivity index (χ0) is 13.9. The number of aromatic nitrogens is 5. The molecule has 1 aliphatic rings. The van der Waals surface area contributed by atoms with Gasteiger partial charge in [-0.05, 0) is 11.6 Å². The number of rotatable bonds is 2. The normalized spacial score (nSPS) is 15.3. The smallest absolute Gasteiger partial charge is 0.230 e. The van der Waals surface area contributed by atoms with Crippen LogP contribution in [0.25, 0.3) is 11.4 Å². The summed E-state index contributed by atoms with van der Waals surface area (Å²) in [5, 5.41) is 0.133. The minimum Gasteiger partial charge on any atom is -0.378 e. The zero-order valence-electron chi connectivity index (χ0n) is 10.5. The summed E-state index contributed by atoms with van der Waals surface area (Å²) in [5.41, 5.74) is 6.09. The number of halogens is 1. The van der Waals surface area contributed by atoms with Crippen LogP contribution >= 0.6 is 11.6 Å². The molecular weight excluding hydrogens is 282 g/mol. The van der Waals surface area contributed by atoms with Crippen molar-refractivity contribution >= 4 is 23.5 Å². The molecule has 0 atom stereocenters. The molecule has 3 heterocycles. The van der Waals surface area contributed by atoms with Gasteiger partial charge < -0.3 is 15.4 Å². The molecule has 20 heavy (non-hydrogen) atoms. The molecule has 0 aromatic carbocycles. The highest BCUT2D eigenvalue weighted by atomic mass is 35.5. The van der Waals surface area contributed by atoms with Crippen molar-refractivity contribution in [3.05, 3.63) is 17.7 Å². The van der Waals surface area contributed by atoms with Crippen LogP contribution < -0.4 is 10.6 Å². The van der Waals surface area contributed by atoms with Crippen molar-refractivity contribution in [1.29, 1.82) is 0 Å². The SMILES string of the molecule is Nc1ncc(-c2nc(Cl)nc(N3CCOCC3)n2)cn1. The predicted molar refractivity (Wildman–Crippen MR) is 73.3 cm³/mol. The average Bonchev–Trinajstić information content (AvgIpc) is 2.48. The Kier molecular flexibility index (Phi) is 3.57. The Morgan fingerprint density at radius 1 is 1.10 bits per heavy atom. The van der Waals surface area contributed by atoms with E-state index in [1.165, 1.54) is 0 Å². The van der Waals surface area contributed by atoms with Crippen LogP contribution in [0.3, 0.4) is 0 Å². The lowest BCUT2D eigenvalue weighted by molar-refractivity contribution is 0.122. The molecule has 0 unspecified atom stereocenters. The van der Waals surface area contributed by atoms with E-state index in [0.717, 1.165) is 13.1 Å². The van der Waals surface area contributed by atoms with Gasteiger partial charge in [0, 0.05) is 25.5 Å². The van der Waals surface area contributed by atoms with Crippen molar-refractivity contribution in [2.24, 2.45) is 0 Å². The number of nitrogen functional groups attached to an aromatic ring is 1. The van der Waals surface area contributed by atoms with Crippen LogP contribution in [0.15, 0.2) is 12.4 Å². The van der Waals surface area contributed by atoms with Crippen LogP contribution in [0.1, 0.15) is 0 Å². The summed E-state index contributed by atoms with van der Waals surface area (Å²) < 4.78 is 5.30. The summed E-state index contributed by atoms with van der Waals surface area (Å²) >= 11 is 5.96. The van der Waals surface area contributed by atoms with Gasteiger partial charge in [-0.25, -0.2) is 9.97 Å². The summed E-state index contributed by atoms with van der Waals surface area (Å²) in [4.78, 5) is 22.5. The Hall–Kier alpha value is -2.06. The fourth-order valence-electron chi connectivity index (χ4n) is 1.83. The van der Waals surface area contributed by atoms with Gasteiger partial charge in [-0.15, -0.1) is 0 Å². The number of hydrogen-bond acceptors (Lipinski definition) is 8. The van der Waals surface area contributed by atoms with Crippen molar-refractivity contribution < 1.29 is 4.74 Å². The fourth-order valence-corrected chi connectivity index (χ4v) is 1.98. The second-order valence-electron chi connectivity index (χ2n) is 4.16. The van der Waals surface area contributed by atoms with Gasteiger partial charge in [0.15, 0.2) is 5.82 Å². The lowest BCUT2D eigenvalue weighted by atomic mass is 10.3. The molecule has 0 amide bonds. The Bertz CT molecular complexity index is 600. The first-order valence-corrected chi connectivity index (χ1v) is 6.42. The lowest BCUT2D eigenvalue weighted by Gasteiger charge is -2.26. The van der Waals surface area contributed by atoms with E-state index in [1.807, 2.05) is 4.90 Å². The highest BCUT2D eigenvalue weighted by molar-refractivity contribution is 6.28. The van der Waals surface area contributed by atoms with E-state index in [9.17, 15) is 0 Å². The third-order valence-electron chi connectivity index (χ3n) is 2.82. The maximum atomic E-state index is 5.96. The molecule has 2 aromatic rings. The number of nitrogens with two attached hydrogens (primary N) is 1. The molecule has 1 aliphatic heterocycles. The van der Waals surface area contributed by atoms with E-state index in [-0.39, 0.29) is 11.2 Å². The van der Waals surface area contributed by atoms with Crippen molar-refractivity contribution in [2.75, 3.05) is 36.9 Å². The predicted octanol–water partition coefficient (Wildman–Crippen LogP) is 0.401. The van der Waals surface area contributed by atoms with E-state index in [1.54, 1.807) is 12.4 Å². The van der Waals surface area contributed by atoms with Gasteiger partial charge in [-0.3, -0.25) is 0 Å². The minimum atomic E-state index is 0.133. The van der Waals surface area contributed by atoms with Crippen molar-refractivity contribution in [3.8, 4) is 11.4 Å². The first-order valence-electron chi connectivity index (χ1n) is 6.04. The molecule has 2 N–H and O–H groups in total. The second-order valence-corrected chi connectivity index (χ2v) is 4.50. The highest BCUT2D eigenvalue weighted by Crippen LogP contribution is 2.19. The molecule has 0 aliphatic carbocycles. The largest absolute Gasteiger partial charge is 0.378 e. The number of morpholine rings is 1. The molecule has 104 valence electrons. The van der Waals surface area contributed by atoms with Gasteiger partial charge >= 0.3 is 0 Å². The van der Waals surface area contributed by atoms with Gasteiger partial charge in [-0.2, -0.15) is 15.0 Å². The van der Waals surface area contributed by atoms with Crippen molar-refractivity contribution in [3.63, 3.8) is 0 Å². The van der Waals surface area contributed by atoms with Gasteiger partial charge in [0.25, 0.3) is 0 Å². The van der Waals surface area contributed by atoms with Gasteiger partial charge in [0.2, 0.25) is 17.2 Å². The number of hydrogen-bond donors (Lipinski definition) is 1. The number of nitrogens with zero attached hydrogens (tertiary/aromatic N) is 6. The first-order chi connectivity index (χ1) is 9.72. The Labute approximate surface area is 120 Å². The third kappa shape index (κ3) is 2.75. The Morgan fingerprint density at radius 3 is 2.50 bits per heavy atom. The molecule has 0 radical (unpaired) electrons. The zero-order valence-corrected chi connectivity index (χ0v) is 11.3. The molecule has 9 heteroatoms. The summed E-state index contributed by atoms with van der Waals surface area (Å²) in [6, 6.07) is 0. The Morgan fingerprint density at radius 2 is 1.80 bits per heavy atom. The molecule has 8 nitrogen and oxygen atoms in total. The van der Waals surface area contributed by atoms with Crippen molar-refractivity contribution in [1.82, 2.24) is 24.9 Å². The average molecular weight is 294 g/mol. The quantitative estimate of drug-likeness (QED) is 0.849. The first kappa shape index (κ1) is 12.9. The molecule has 0 saturated carbocycles. The van der Waals surface area contributed by atoms with E-state index >= 15 is 0 Å². The van der Waals surface area contributed by atoms with Crippen LogP contribution in [0.5, 0.6) is 0 Å². The topological polar surface area (TPSA) is 103 Å². The van der Waals surface area contributed by atoms with E-state index in [0.29, 0.717) is 30.5 Å². The lowest BCUT2D eigenvalue weighted by Crippen LogP contribution is -2.37. The second kappa shape index (κ2) is 5.51. The summed E-state index contributed by atoms with van der Waals surface area (Å²) in [5.74, 6) is 1.15. The minimum absolute atomic E-state index is 0.133. The molecule has 1 fully saturated rings. The standard InChI is InChI=1S/C11H12ClN7O/c12-9-16-8(7-5-14-10(13)15-6-7)17-11(18-9)19-1-3-20-4-2-19/h5-6H,1-4H2,(H2,13,14,15). The van der Waals surface area contributed by atoms with Gasteiger partial charge in [0.1, 0.15) is 0 Å². The van der Waals surface area contributed by atoms with Crippen LogP contribution in [0.2, 0.25) is 5.28 Å². The maximum Gasteiger partial charge on any atom is 0.230 e. The van der Waals surface area contributed by atoms with Gasteiger partial charge in [-0.1, -0.05) is 0 Å². The monoisotopic (exact) mass is 293 g/mol. The summed E-state index contributed by atoms with van der Waals surface area (Å²) in [7, 11) is 0. The number of anilines is 2. The molecular formula is C11H12ClN7O. The van der Waals surface area contributed by atoms with E-state index in [2.05, 4.69) is 24.9 Å². The third-order valence-corrected chi connectivity index (χ3v) is 2.99.